The Bertz CT molecular complexity index is 152. The Morgan fingerprint density at radius 3 is 2.58 bits per heavy atom. The first-order valence-electron chi connectivity index (χ1n) is 5.03. The average molecular weight is 169 g/mol. The molecule has 0 heterocycles. The summed E-state index contributed by atoms with van der Waals surface area (Å²) in [6.07, 6.45) is 5.50. The standard InChI is InChI=1S/C10H19NO/c1-2-4-9(7-11)10(12)8-5-3-6-8/h8-9H,2-7,11H2,1H3. The summed E-state index contributed by atoms with van der Waals surface area (Å²) in [6, 6.07) is 0. The second-order valence-corrected chi connectivity index (χ2v) is 3.75. The smallest absolute Gasteiger partial charge is 0.140 e. The highest BCUT2D eigenvalue weighted by atomic mass is 16.1. The van der Waals surface area contributed by atoms with Crippen LogP contribution in [-0.2, 0) is 4.79 Å². The minimum Gasteiger partial charge on any atom is -0.330 e. The number of carbonyl (C=O) groups excluding carboxylic acids is 1. The van der Waals surface area contributed by atoms with E-state index in [2.05, 4.69) is 6.92 Å². The molecule has 0 radical (unpaired) electrons. The Kier molecular flexibility index (Phi) is 3.73. The summed E-state index contributed by atoms with van der Waals surface area (Å²) in [5.74, 6) is 0.955. The second-order valence-electron chi connectivity index (χ2n) is 3.75. The Morgan fingerprint density at radius 1 is 1.58 bits per heavy atom. The molecule has 0 bridgehead atoms. The molecule has 1 fully saturated rings. The number of Topliss-reactive ketones (excluding diaryl/α,β-unsaturated/α-hetero) is 1. The molecule has 1 rings (SSSR count). The van der Waals surface area contributed by atoms with Crippen LogP contribution in [0.15, 0.2) is 0 Å². The van der Waals surface area contributed by atoms with Gasteiger partial charge in [-0.1, -0.05) is 19.8 Å². The number of hydrogen-bond donors (Lipinski definition) is 1. The van der Waals surface area contributed by atoms with Gasteiger partial charge in [-0.3, -0.25) is 4.79 Å². The van der Waals surface area contributed by atoms with Gasteiger partial charge in [0, 0.05) is 18.4 Å². The van der Waals surface area contributed by atoms with Crippen molar-refractivity contribution in [2.75, 3.05) is 6.54 Å². The quantitative estimate of drug-likeness (QED) is 0.681. The van der Waals surface area contributed by atoms with Crippen molar-refractivity contribution in [3.8, 4) is 0 Å². The van der Waals surface area contributed by atoms with Crippen LogP contribution >= 0.6 is 0 Å². The average Bonchev–Trinajstić information content (AvgIpc) is 1.96. The van der Waals surface area contributed by atoms with Crippen molar-refractivity contribution in [1.82, 2.24) is 0 Å². The molecule has 1 aliphatic rings. The van der Waals surface area contributed by atoms with E-state index in [1.807, 2.05) is 0 Å². The highest BCUT2D eigenvalue weighted by Crippen LogP contribution is 2.30. The van der Waals surface area contributed by atoms with Gasteiger partial charge < -0.3 is 5.73 Å². The number of rotatable bonds is 5. The lowest BCUT2D eigenvalue weighted by molar-refractivity contribution is -0.129. The number of hydrogen-bond acceptors (Lipinski definition) is 2. The maximum absolute atomic E-state index is 11.7. The SMILES string of the molecule is CCCC(CN)C(=O)C1CCC1. The summed E-state index contributed by atoms with van der Waals surface area (Å²) in [4.78, 5) is 11.7. The van der Waals surface area contributed by atoms with Gasteiger partial charge >= 0.3 is 0 Å². The maximum atomic E-state index is 11.7. The Morgan fingerprint density at radius 2 is 2.25 bits per heavy atom. The molecule has 12 heavy (non-hydrogen) atoms. The summed E-state index contributed by atoms with van der Waals surface area (Å²) < 4.78 is 0. The first-order valence-corrected chi connectivity index (χ1v) is 5.03. The lowest BCUT2D eigenvalue weighted by Crippen LogP contribution is -2.32. The lowest BCUT2D eigenvalue weighted by Gasteiger charge is -2.27. The molecule has 2 nitrogen and oxygen atoms in total. The van der Waals surface area contributed by atoms with E-state index in [0.29, 0.717) is 18.2 Å². The van der Waals surface area contributed by atoms with E-state index in [-0.39, 0.29) is 5.92 Å². The first-order chi connectivity index (χ1) is 5.79. The van der Waals surface area contributed by atoms with E-state index in [1.54, 1.807) is 0 Å². The minimum atomic E-state index is 0.153. The molecule has 1 unspecified atom stereocenters. The zero-order valence-corrected chi connectivity index (χ0v) is 7.88. The van der Waals surface area contributed by atoms with Gasteiger partial charge in [0.2, 0.25) is 0 Å². The molecule has 1 aliphatic carbocycles. The van der Waals surface area contributed by atoms with E-state index in [9.17, 15) is 4.79 Å². The van der Waals surface area contributed by atoms with Crippen LogP contribution < -0.4 is 5.73 Å². The summed E-state index contributed by atoms with van der Waals surface area (Å²) >= 11 is 0. The van der Waals surface area contributed by atoms with Crippen molar-refractivity contribution in [3.05, 3.63) is 0 Å². The second kappa shape index (κ2) is 4.61. The number of carbonyl (C=O) groups is 1. The van der Waals surface area contributed by atoms with Crippen LogP contribution in [0.1, 0.15) is 39.0 Å². The topological polar surface area (TPSA) is 43.1 Å². The molecular weight excluding hydrogens is 150 g/mol. The molecule has 1 saturated carbocycles. The fourth-order valence-corrected chi connectivity index (χ4v) is 1.75. The molecule has 0 spiro atoms. The third-order valence-corrected chi connectivity index (χ3v) is 2.83. The monoisotopic (exact) mass is 169 g/mol. The van der Waals surface area contributed by atoms with Crippen molar-refractivity contribution in [2.24, 2.45) is 17.6 Å². The van der Waals surface area contributed by atoms with Crippen LogP contribution in [0.5, 0.6) is 0 Å². The van der Waals surface area contributed by atoms with Gasteiger partial charge in [-0.15, -0.1) is 0 Å². The molecule has 2 heteroatoms. The zero-order chi connectivity index (χ0) is 8.97. The molecular formula is C10H19NO. The molecule has 2 N–H and O–H groups in total. The molecule has 0 saturated heterocycles. The number of ketones is 1. The molecule has 0 aliphatic heterocycles. The van der Waals surface area contributed by atoms with E-state index in [0.717, 1.165) is 25.7 Å². The normalized spacial score (nSPS) is 20.2. The van der Waals surface area contributed by atoms with Crippen LogP contribution in [0.25, 0.3) is 0 Å². The van der Waals surface area contributed by atoms with Crippen molar-refractivity contribution in [3.63, 3.8) is 0 Å². The highest BCUT2D eigenvalue weighted by molar-refractivity contribution is 5.84. The third-order valence-electron chi connectivity index (χ3n) is 2.83. The van der Waals surface area contributed by atoms with Crippen molar-refractivity contribution in [1.29, 1.82) is 0 Å². The fourth-order valence-electron chi connectivity index (χ4n) is 1.75. The van der Waals surface area contributed by atoms with Crippen LogP contribution in [0.4, 0.5) is 0 Å². The summed E-state index contributed by atoms with van der Waals surface area (Å²) in [6.45, 7) is 2.65. The predicted octanol–water partition coefficient (Wildman–Crippen LogP) is 1.73. The molecule has 0 aromatic heterocycles. The van der Waals surface area contributed by atoms with Gasteiger partial charge in [0.25, 0.3) is 0 Å². The van der Waals surface area contributed by atoms with Crippen molar-refractivity contribution < 1.29 is 4.79 Å². The minimum absolute atomic E-state index is 0.153. The molecule has 1 atom stereocenters. The molecule has 0 aromatic carbocycles. The molecule has 0 amide bonds. The van der Waals surface area contributed by atoms with Gasteiger partial charge in [0.05, 0.1) is 0 Å². The zero-order valence-electron chi connectivity index (χ0n) is 7.88. The van der Waals surface area contributed by atoms with Gasteiger partial charge in [-0.2, -0.15) is 0 Å². The molecule has 0 aromatic rings. The van der Waals surface area contributed by atoms with Crippen molar-refractivity contribution >= 4 is 5.78 Å². The molecule has 70 valence electrons. The fraction of sp³-hybridized carbons (Fsp3) is 0.900. The van der Waals surface area contributed by atoms with E-state index in [4.69, 9.17) is 5.73 Å². The van der Waals surface area contributed by atoms with Gasteiger partial charge in [0.1, 0.15) is 5.78 Å². The van der Waals surface area contributed by atoms with Gasteiger partial charge in [-0.05, 0) is 19.3 Å². The van der Waals surface area contributed by atoms with Crippen LogP contribution in [0.2, 0.25) is 0 Å². The third kappa shape index (κ3) is 2.07. The highest BCUT2D eigenvalue weighted by Gasteiger charge is 2.29. The van der Waals surface area contributed by atoms with E-state index < -0.39 is 0 Å². The van der Waals surface area contributed by atoms with Gasteiger partial charge in [0.15, 0.2) is 0 Å². The van der Waals surface area contributed by atoms with E-state index in [1.165, 1.54) is 6.42 Å². The first kappa shape index (κ1) is 9.72. The summed E-state index contributed by atoms with van der Waals surface area (Å²) in [5.41, 5.74) is 5.56. The lowest BCUT2D eigenvalue weighted by atomic mass is 9.77. The Hall–Kier alpha value is -0.370. The summed E-state index contributed by atoms with van der Waals surface area (Å²) in [7, 11) is 0. The number of nitrogens with two attached hydrogens (primary N) is 1. The van der Waals surface area contributed by atoms with Gasteiger partial charge in [-0.25, -0.2) is 0 Å². The maximum Gasteiger partial charge on any atom is 0.140 e. The van der Waals surface area contributed by atoms with Crippen LogP contribution in [0, 0.1) is 11.8 Å². The largest absolute Gasteiger partial charge is 0.330 e. The van der Waals surface area contributed by atoms with Crippen LogP contribution in [0.3, 0.4) is 0 Å². The Balaban J connectivity index is 2.35. The van der Waals surface area contributed by atoms with Crippen molar-refractivity contribution in [2.45, 2.75) is 39.0 Å². The van der Waals surface area contributed by atoms with Crippen LogP contribution in [-0.4, -0.2) is 12.3 Å². The summed E-state index contributed by atoms with van der Waals surface area (Å²) in [5, 5.41) is 0. The Labute approximate surface area is 74.5 Å². The van der Waals surface area contributed by atoms with E-state index >= 15 is 0 Å². The predicted molar refractivity (Wildman–Crippen MR) is 49.8 cm³/mol.